The number of aliphatic hydroxyl groups is 3. The Morgan fingerprint density at radius 1 is 1.00 bits per heavy atom. The summed E-state index contributed by atoms with van der Waals surface area (Å²) in [4.78, 5) is 6.10. The molecule has 1 aromatic carbocycles. The third-order valence-corrected chi connectivity index (χ3v) is 5.22. The molecule has 3 aromatic rings. The monoisotopic (exact) mass is 456 g/mol. The molecule has 9 heteroatoms. The highest BCUT2D eigenvalue weighted by atomic mass is 79.9. The second-order valence-electron chi connectivity index (χ2n) is 5.04. The van der Waals surface area contributed by atoms with E-state index < -0.39 is 0 Å². The van der Waals surface area contributed by atoms with Gasteiger partial charge in [0.15, 0.2) is 5.82 Å². The fourth-order valence-corrected chi connectivity index (χ4v) is 4.25. The molecule has 3 rings (SSSR count). The number of hydrogen-bond acceptors (Lipinski definition) is 5. The molecule has 126 valence electrons. The highest BCUT2D eigenvalue weighted by Crippen LogP contribution is 2.43. The Morgan fingerprint density at radius 2 is 1.75 bits per heavy atom. The van der Waals surface area contributed by atoms with Gasteiger partial charge < -0.3 is 25.3 Å². The van der Waals surface area contributed by atoms with Gasteiger partial charge in [-0.3, -0.25) is 0 Å². The summed E-state index contributed by atoms with van der Waals surface area (Å²) in [5.41, 5.74) is 3.90. The Labute approximate surface area is 154 Å². The van der Waals surface area contributed by atoms with Gasteiger partial charge in [0.1, 0.15) is 6.33 Å². The van der Waals surface area contributed by atoms with E-state index in [4.69, 9.17) is 0 Å². The molecular formula is C15H14Br2N4O3. The summed E-state index contributed by atoms with van der Waals surface area (Å²) in [5.74, 6) is 0.564. The number of benzene rings is 1. The van der Waals surface area contributed by atoms with Crippen LogP contribution in [0, 0.1) is 0 Å². The summed E-state index contributed by atoms with van der Waals surface area (Å²) in [5, 5.41) is 36.7. The Kier molecular flexibility index (Phi) is 5.16. The Bertz CT molecular complexity index is 862. The van der Waals surface area contributed by atoms with E-state index in [0.29, 0.717) is 32.8 Å². The van der Waals surface area contributed by atoms with Gasteiger partial charge in [-0.05, 0) is 54.1 Å². The fraction of sp³-hybridized carbons (Fsp3) is 0.200. The summed E-state index contributed by atoms with van der Waals surface area (Å²) in [6.45, 7) is -0.739. The van der Waals surface area contributed by atoms with E-state index in [2.05, 4.69) is 52.0 Å². The summed E-state index contributed by atoms with van der Waals surface area (Å²) in [6.07, 6.45) is 1.48. The van der Waals surface area contributed by atoms with Crippen molar-refractivity contribution in [3.63, 3.8) is 0 Å². The standard InChI is InChI=1S/C15H14Br2N4O3/c16-12-11(14(17)20-13(12)15-18-6-19-21-15)8-2-1-7(3-22)9(4-23)10(8)5-24/h1-2,6,20,22-24H,3-5H2,(H,18,19,21). The number of hydrogen-bond donors (Lipinski definition) is 5. The van der Waals surface area contributed by atoms with Crippen LogP contribution in [0.5, 0.6) is 0 Å². The first kappa shape index (κ1) is 17.3. The molecule has 0 aliphatic heterocycles. The lowest BCUT2D eigenvalue weighted by atomic mass is 9.93. The molecular weight excluding hydrogens is 444 g/mol. The number of rotatable bonds is 5. The topological polar surface area (TPSA) is 118 Å². The normalized spacial score (nSPS) is 11.2. The molecule has 0 spiro atoms. The van der Waals surface area contributed by atoms with Gasteiger partial charge in [0, 0.05) is 5.56 Å². The minimum absolute atomic E-state index is 0.206. The number of aliphatic hydroxyl groups excluding tert-OH is 3. The molecule has 0 amide bonds. The van der Waals surface area contributed by atoms with Crippen molar-refractivity contribution in [3.05, 3.63) is 44.2 Å². The van der Waals surface area contributed by atoms with Crippen LogP contribution >= 0.6 is 31.9 Å². The first-order valence-corrected chi connectivity index (χ1v) is 8.60. The number of nitrogens with zero attached hydrogens (tertiary/aromatic N) is 2. The van der Waals surface area contributed by atoms with Crippen molar-refractivity contribution in [2.24, 2.45) is 0 Å². The van der Waals surface area contributed by atoms with Crippen molar-refractivity contribution >= 4 is 31.9 Å². The molecule has 24 heavy (non-hydrogen) atoms. The van der Waals surface area contributed by atoms with E-state index in [1.54, 1.807) is 12.1 Å². The van der Waals surface area contributed by atoms with Crippen LogP contribution in [0.1, 0.15) is 16.7 Å². The van der Waals surface area contributed by atoms with Crippen molar-refractivity contribution < 1.29 is 15.3 Å². The average molecular weight is 458 g/mol. The van der Waals surface area contributed by atoms with Gasteiger partial charge in [-0.15, -0.1) is 10.2 Å². The molecule has 0 radical (unpaired) electrons. The minimum Gasteiger partial charge on any atom is -0.392 e. The van der Waals surface area contributed by atoms with Gasteiger partial charge in [0.25, 0.3) is 0 Å². The molecule has 5 N–H and O–H groups in total. The smallest absolute Gasteiger partial charge is 0.178 e. The SMILES string of the molecule is OCc1ccc(-c2c(Br)[nH]c(-c3nnc[nH]3)c2Br)c(CO)c1CO. The van der Waals surface area contributed by atoms with Gasteiger partial charge >= 0.3 is 0 Å². The second kappa shape index (κ2) is 7.16. The van der Waals surface area contributed by atoms with E-state index in [-0.39, 0.29) is 19.8 Å². The maximum atomic E-state index is 9.82. The third kappa shape index (κ3) is 2.82. The molecule has 2 aromatic heterocycles. The van der Waals surface area contributed by atoms with Gasteiger partial charge in [0.2, 0.25) is 0 Å². The maximum Gasteiger partial charge on any atom is 0.178 e. The summed E-state index contributed by atoms with van der Waals surface area (Å²) in [7, 11) is 0. The molecule has 2 heterocycles. The average Bonchev–Trinajstić information content (AvgIpc) is 3.21. The minimum atomic E-state index is -0.270. The third-order valence-electron chi connectivity index (χ3n) is 3.83. The first-order valence-electron chi connectivity index (χ1n) is 7.02. The van der Waals surface area contributed by atoms with E-state index in [1.807, 2.05) is 0 Å². The predicted molar refractivity (Wildman–Crippen MR) is 94.8 cm³/mol. The molecule has 0 aliphatic carbocycles. The van der Waals surface area contributed by atoms with Gasteiger partial charge in [-0.2, -0.15) is 0 Å². The number of nitrogens with one attached hydrogen (secondary N) is 2. The summed E-state index contributed by atoms with van der Waals surface area (Å²) in [6, 6.07) is 3.54. The van der Waals surface area contributed by atoms with Crippen molar-refractivity contribution in [1.29, 1.82) is 0 Å². The van der Waals surface area contributed by atoms with Gasteiger partial charge in [-0.1, -0.05) is 12.1 Å². The first-order chi connectivity index (χ1) is 11.6. The molecule has 7 nitrogen and oxygen atoms in total. The highest BCUT2D eigenvalue weighted by molar-refractivity contribution is 9.11. The van der Waals surface area contributed by atoms with Crippen LogP contribution in [0.2, 0.25) is 0 Å². The molecule has 0 bridgehead atoms. The molecule has 0 fully saturated rings. The highest BCUT2D eigenvalue weighted by Gasteiger charge is 2.22. The number of halogens is 2. The zero-order valence-electron chi connectivity index (χ0n) is 12.3. The predicted octanol–water partition coefficient (Wildman–Crippen LogP) is 2.47. The zero-order valence-corrected chi connectivity index (χ0v) is 15.5. The maximum absolute atomic E-state index is 9.82. The molecule has 0 atom stereocenters. The van der Waals surface area contributed by atoms with Crippen LogP contribution in [0.25, 0.3) is 22.6 Å². The van der Waals surface area contributed by atoms with Crippen molar-refractivity contribution in [2.75, 3.05) is 0 Å². The Hall–Kier alpha value is -1.52. The Morgan fingerprint density at radius 3 is 2.33 bits per heavy atom. The lowest BCUT2D eigenvalue weighted by Crippen LogP contribution is -2.03. The molecule has 0 saturated heterocycles. The Balaban J connectivity index is 2.23. The molecule has 0 unspecified atom stereocenters. The quantitative estimate of drug-likeness (QED) is 0.403. The lowest BCUT2D eigenvalue weighted by Gasteiger charge is -2.15. The van der Waals surface area contributed by atoms with Crippen molar-refractivity contribution in [3.8, 4) is 22.6 Å². The number of H-pyrrole nitrogens is 2. The second-order valence-corrected chi connectivity index (χ2v) is 6.63. The van der Waals surface area contributed by atoms with Crippen LogP contribution in [-0.4, -0.2) is 35.5 Å². The molecule has 0 aliphatic rings. The van der Waals surface area contributed by atoms with Crippen molar-refractivity contribution in [1.82, 2.24) is 20.2 Å². The zero-order chi connectivity index (χ0) is 17.3. The lowest BCUT2D eigenvalue weighted by molar-refractivity contribution is 0.248. The van der Waals surface area contributed by atoms with Crippen LogP contribution in [0.15, 0.2) is 27.5 Å². The van der Waals surface area contributed by atoms with Crippen LogP contribution in [0.3, 0.4) is 0 Å². The molecule has 0 saturated carbocycles. The summed E-state index contributed by atoms with van der Waals surface area (Å²) >= 11 is 7.06. The van der Waals surface area contributed by atoms with Gasteiger partial charge in [-0.25, -0.2) is 0 Å². The summed E-state index contributed by atoms with van der Waals surface area (Å²) < 4.78 is 1.43. The van der Waals surface area contributed by atoms with E-state index >= 15 is 0 Å². The van der Waals surface area contributed by atoms with Crippen LogP contribution in [0.4, 0.5) is 0 Å². The van der Waals surface area contributed by atoms with Crippen molar-refractivity contribution in [2.45, 2.75) is 19.8 Å². The van der Waals surface area contributed by atoms with Crippen LogP contribution in [-0.2, 0) is 19.8 Å². The van der Waals surface area contributed by atoms with E-state index in [1.165, 1.54) is 6.33 Å². The fourth-order valence-electron chi connectivity index (χ4n) is 2.68. The van der Waals surface area contributed by atoms with Crippen LogP contribution < -0.4 is 0 Å². The largest absolute Gasteiger partial charge is 0.392 e. The van der Waals surface area contributed by atoms with E-state index in [0.717, 1.165) is 15.6 Å². The van der Waals surface area contributed by atoms with E-state index in [9.17, 15) is 15.3 Å². The van der Waals surface area contributed by atoms with Gasteiger partial charge in [0.05, 0.1) is 34.6 Å². The number of aromatic amines is 2. The number of aromatic nitrogens is 4.